The summed E-state index contributed by atoms with van der Waals surface area (Å²) in [7, 11) is 1.39. The minimum absolute atomic E-state index is 0.00923. The van der Waals surface area contributed by atoms with Gasteiger partial charge in [-0.3, -0.25) is 4.79 Å². The second-order valence-electron chi connectivity index (χ2n) is 4.62. The maximum atomic E-state index is 11.6. The molecular formula is C15H16N3O4+. The largest absolute Gasteiger partial charge is 0.490 e. The van der Waals surface area contributed by atoms with E-state index in [0.717, 1.165) is 5.56 Å². The zero-order valence-corrected chi connectivity index (χ0v) is 12.4. The van der Waals surface area contributed by atoms with E-state index >= 15 is 0 Å². The number of rotatable bonds is 6. The molecule has 1 aromatic carbocycles. The van der Waals surface area contributed by atoms with E-state index in [4.69, 9.17) is 19.3 Å². The number of hydrogen-bond donors (Lipinski definition) is 0. The first-order valence-corrected chi connectivity index (χ1v) is 6.57. The molecule has 7 heteroatoms. The van der Waals surface area contributed by atoms with Crippen LogP contribution in [0.2, 0.25) is 0 Å². The lowest BCUT2D eigenvalue weighted by molar-refractivity contribution is 0.152. The molecule has 0 saturated carbocycles. The van der Waals surface area contributed by atoms with E-state index in [9.17, 15) is 4.79 Å². The highest BCUT2D eigenvalue weighted by molar-refractivity contribution is 5.26. The lowest BCUT2D eigenvalue weighted by atomic mass is 10.2. The molecular weight excluding hydrogens is 286 g/mol. The maximum absolute atomic E-state index is 11.6. The predicted octanol–water partition coefficient (Wildman–Crippen LogP) is 2.56. The summed E-state index contributed by atoms with van der Waals surface area (Å²) in [5.41, 5.74) is 0.817. The van der Waals surface area contributed by atoms with Crippen molar-refractivity contribution in [3.8, 4) is 11.5 Å². The number of ether oxygens (including phenoxy) is 2. The maximum Gasteiger partial charge on any atom is 0.309 e. The van der Waals surface area contributed by atoms with Crippen molar-refractivity contribution in [1.82, 2.24) is 5.01 Å². The molecule has 22 heavy (non-hydrogen) atoms. The van der Waals surface area contributed by atoms with Crippen LogP contribution in [0, 0.1) is 12.3 Å². The highest BCUT2D eigenvalue weighted by atomic mass is 16.5. The summed E-state index contributed by atoms with van der Waals surface area (Å²) in [6, 6.07) is 8.75. The van der Waals surface area contributed by atoms with Crippen molar-refractivity contribution < 1.29 is 13.9 Å². The quantitative estimate of drug-likeness (QED) is 0.463. The molecule has 0 atom stereocenters. The highest BCUT2D eigenvalue weighted by Gasteiger charge is 2.17. The average Bonchev–Trinajstić information content (AvgIpc) is 2.53. The number of nitrogens with zero attached hydrogens (tertiary/aromatic N) is 3. The number of diazo groups is 1. The molecule has 2 aromatic rings. The smallest absolute Gasteiger partial charge is 0.309 e. The van der Waals surface area contributed by atoms with E-state index in [2.05, 4.69) is 5.08 Å². The van der Waals surface area contributed by atoms with Gasteiger partial charge in [0.1, 0.15) is 17.8 Å². The van der Waals surface area contributed by atoms with Crippen molar-refractivity contribution in [1.29, 1.82) is 5.39 Å². The third-order valence-corrected chi connectivity index (χ3v) is 2.94. The molecule has 1 aromatic heterocycles. The second kappa shape index (κ2) is 7.13. The Labute approximate surface area is 127 Å². The first-order valence-electron chi connectivity index (χ1n) is 6.57. The van der Waals surface area contributed by atoms with Gasteiger partial charge in [-0.25, -0.2) is 0 Å². The average molecular weight is 302 g/mol. The zero-order chi connectivity index (χ0) is 15.9. The molecule has 0 bridgehead atoms. The van der Waals surface area contributed by atoms with E-state index in [0.29, 0.717) is 11.5 Å². The predicted molar refractivity (Wildman–Crippen MR) is 78.8 cm³/mol. The fraction of sp³-hybridized carbons (Fsp3) is 0.267. The van der Waals surface area contributed by atoms with Crippen LogP contribution in [0.5, 0.6) is 11.5 Å². The lowest BCUT2D eigenvalue weighted by Gasteiger charge is -2.07. The van der Waals surface area contributed by atoms with Crippen LogP contribution in [0.15, 0.2) is 45.8 Å². The zero-order valence-electron chi connectivity index (χ0n) is 12.4. The van der Waals surface area contributed by atoms with Gasteiger partial charge in [0.2, 0.25) is 17.9 Å². The van der Waals surface area contributed by atoms with Crippen LogP contribution in [0.3, 0.4) is 0 Å². The van der Waals surface area contributed by atoms with Gasteiger partial charge < -0.3 is 13.9 Å². The molecule has 0 aliphatic carbocycles. The normalized spacial score (nSPS) is 9.86. The molecule has 0 aliphatic rings. The number of hydrogen-bond acceptors (Lipinski definition) is 6. The van der Waals surface area contributed by atoms with E-state index in [1.807, 2.05) is 31.2 Å². The van der Waals surface area contributed by atoms with Crippen LogP contribution >= 0.6 is 0 Å². The van der Waals surface area contributed by atoms with Crippen LogP contribution in [0.25, 0.3) is 5.08 Å². The van der Waals surface area contributed by atoms with Gasteiger partial charge in [-0.1, -0.05) is 17.7 Å². The lowest BCUT2D eigenvalue weighted by Crippen LogP contribution is -2.21. The Bertz CT molecular complexity index is 719. The van der Waals surface area contributed by atoms with E-state index in [1.165, 1.54) is 24.4 Å². The third-order valence-electron chi connectivity index (χ3n) is 2.94. The van der Waals surface area contributed by atoms with Crippen LogP contribution in [-0.2, 0) is 6.54 Å². The van der Waals surface area contributed by atoms with Crippen LogP contribution in [0.1, 0.15) is 11.3 Å². The van der Waals surface area contributed by atoms with Crippen LogP contribution in [0.4, 0.5) is 0 Å². The summed E-state index contributed by atoms with van der Waals surface area (Å²) in [6.45, 7) is 2.07. The minimum atomic E-state index is -0.305. The molecule has 0 saturated heterocycles. The van der Waals surface area contributed by atoms with Crippen molar-refractivity contribution >= 4 is 0 Å². The molecule has 0 spiro atoms. The molecule has 0 fully saturated rings. The van der Waals surface area contributed by atoms with Gasteiger partial charge in [-0.15, -0.1) is 0 Å². The summed E-state index contributed by atoms with van der Waals surface area (Å²) in [5.74, 6) is 1.10. The third kappa shape index (κ3) is 3.99. The van der Waals surface area contributed by atoms with Crippen molar-refractivity contribution in [3.05, 3.63) is 63.2 Å². The Morgan fingerprint density at radius 2 is 2.05 bits per heavy atom. The summed E-state index contributed by atoms with van der Waals surface area (Å²) >= 11 is 0. The summed E-state index contributed by atoms with van der Waals surface area (Å²) in [4.78, 5) is 11.6. The SMILES string of the molecule is COc1coc(CN(COc2ccc(C)cc2)[N+]#N)cc1=O. The molecule has 0 radical (unpaired) electrons. The molecule has 0 aliphatic heterocycles. The fourth-order valence-electron chi connectivity index (χ4n) is 1.74. The molecule has 1 heterocycles. The number of benzene rings is 1. The van der Waals surface area contributed by atoms with Gasteiger partial charge >= 0.3 is 5.08 Å². The standard InChI is InChI=1S/C15H16N3O4/c1-11-3-5-12(6-4-11)22-10-18(17-16)8-13-7-14(19)15(20-2)9-21-13/h3-7,9H,8,10H2,1-2H3/q+1. The molecule has 0 unspecified atom stereocenters. The van der Waals surface area contributed by atoms with Crippen molar-refractivity contribution in [2.24, 2.45) is 0 Å². The Kier molecular flexibility index (Phi) is 4.98. The molecule has 0 amide bonds. The number of methoxy groups -OCH3 is 1. The Balaban J connectivity index is 1.97. The molecule has 7 nitrogen and oxygen atoms in total. The van der Waals surface area contributed by atoms with E-state index in [-0.39, 0.29) is 24.5 Å². The van der Waals surface area contributed by atoms with Crippen LogP contribution < -0.4 is 14.9 Å². The Morgan fingerprint density at radius 1 is 1.32 bits per heavy atom. The first-order chi connectivity index (χ1) is 10.6. The molecule has 0 N–H and O–H groups in total. The monoisotopic (exact) mass is 302 g/mol. The second-order valence-corrected chi connectivity index (χ2v) is 4.62. The van der Waals surface area contributed by atoms with Gasteiger partial charge in [-0.2, -0.15) is 0 Å². The van der Waals surface area contributed by atoms with Crippen molar-refractivity contribution in [3.63, 3.8) is 0 Å². The fourth-order valence-corrected chi connectivity index (χ4v) is 1.74. The van der Waals surface area contributed by atoms with Gasteiger partial charge in [0.15, 0.2) is 6.54 Å². The molecule has 2 rings (SSSR count). The van der Waals surface area contributed by atoms with Gasteiger partial charge in [-0.05, 0) is 19.1 Å². The van der Waals surface area contributed by atoms with Gasteiger partial charge in [0.25, 0.3) is 5.39 Å². The Hall–Kier alpha value is -3.01. The molecule has 114 valence electrons. The van der Waals surface area contributed by atoms with E-state index in [1.54, 1.807) is 0 Å². The summed E-state index contributed by atoms with van der Waals surface area (Å²) in [6.07, 6.45) is 1.22. The minimum Gasteiger partial charge on any atom is -0.490 e. The summed E-state index contributed by atoms with van der Waals surface area (Å²) in [5, 5.41) is 13.3. The number of aryl methyl sites for hydroxylation is 1. The first kappa shape index (κ1) is 15.4. The van der Waals surface area contributed by atoms with Crippen molar-refractivity contribution in [2.75, 3.05) is 13.8 Å². The Morgan fingerprint density at radius 3 is 2.64 bits per heavy atom. The topological polar surface area (TPSA) is 80.1 Å². The van der Waals surface area contributed by atoms with Crippen molar-refractivity contribution in [2.45, 2.75) is 13.5 Å². The van der Waals surface area contributed by atoms with Crippen LogP contribution in [-0.4, -0.2) is 18.8 Å². The van der Waals surface area contributed by atoms with Gasteiger partial charge in [0, 0.05) is 11.1 Å². The van der Waals surface area contributed by atoms with Gasteiger partial charge in [0.05, 0.1) is 7.11 Å². The van der Waals surface area contributed by atoms with E-state index < -0.39 is 0 Å². The highest BCUT2D eigenvalue weighted by Crippen LogP contribution is 2.13. The summed E-state index contributed by atoms with van der Waals surface area (Å²) < 4.78 is 15.6.